The molecule has 5 rings (SSSR count). The molecule has 0 spiro atoms. The molecule has 6 nitrogen and oxygen atoms in total. The van der Waals surface area contributed by atoms with E-state index < -0.39 is 0 Å². The highest BCUT2D eigenvalue weighted by molar-refractivity contribution is 6.08. The van der Waals surface area contributed by atoms with Crippen LogP contribution in [-0.2, 0) is 13.1 Å². The number of fused-ring (bicyclic) bond motifs is 1. The van der Waals surface area contributed by atoms with Crippen LogP contribution in [0.15, 0.2) is 79.0 Å². The smallest absolute Gasteiger partial charge is 0.253 e. The average Bonchev–Trinajstić information content (AvgIpc) is 3.36. The van der Waals surface area contributed by atoms with Crippen molar-refractivity contribution >= 4 is 16.8 Å². The molecule has 3 aromatic carbocycles. The molecule has 1 N–H and O–H groups in total. The topological polar surface area (TPSA) is 55.7 Å². The molecule has 40 heavy (non-hydrogen) atoms. The summed E-state index contributed by atoms with van der Waals surface area (Å²) in [7, 11) is 1.66. The zero-order valence-electron chi connectivity index (χ0n) is 23.2. The lowest BCUT2D eigenvalue weighted by atomic mass is 9.94. The third kappa shape index (κ3) is 7.02. The Hall–Kier alpha value is -3.84. The molecule has 7 heteroatoms. The molecule has 1 fully saturated rings. The number of ether oxygens (including phenoxy) is 2. The van der Waals surface area contributed by atoms with Crippen LogP contribution in [0.3, 0.4) is 0 Å². The summed E-state index contributed by atoms with van der Waals surface area (Å²) in [6.45, 7) is 5.07. The molecule has 4 aromatic rings. The van der Waals surface area contributed by atoms with Gasteiger partial charge in [0.1, 0.15) is 17.3 Å². The van der Waals surface area contributed by atoms with Gasteiger partial charge in [-0.1, -0.05) is 42.5 Å². The molecule has 1 aliphatic heterocycles. The van der Waals surface area contributed by atoms with Crippen molar-refractivity contribution < 1.29 is 18.7 Å². The van der Waals surface area contributed by atoms with Gasteiger partial charge in [-0.2, -0.15) is 0 Å². The van der Waals surface area contributed by atoms with E-state index >= 15 is 0 Å². The van der Waals surface area contributed by atoms with E-state index in [1.807, 2.05) is 54.7 Å². The van der Waals surface area contributed by atoms with Crippen LogP contribution in [0.4, 0.5) is 4.39 Å². The highest BCUT2D eigenvalue weighted by Gasteiger charge is 2.20. The fourth-order valence-corrected chi connectivity index (χ4v) is 5.60. The number of carbonyl (C=O) groups excluding carboxylic acids is 1. The van der Waals surface area contributed by atoms with E-state index in [4.69, 9.17) is 9.47 Å². The summed E-state index contributed by atoms with van der Waals surface area (Å²) in [4.78, 5) is 15.7. The van der Waals surface area contributed by atoms with Crippen LogP contribution >= 0.6 is 0 Å². The van der Waals surface area contributed by atoms with Gasteiger partial charge < -0.3 is 24.3 Å². The number of likely N-dealkylation sites (tertiary alicyclic amines) is 1. The first kappa shape index (κ1) is 27.7. The van der Waals surface area contributed by atoms with Crippen LogP contribution in [0.2, 0.25) is 0 Å². The molecule has 0 bridgehead atoms. The summed E-state index contributed by atoms with van der Waals surface area (Å²) in [6, 6.07) is 22.1. The maximum atomic E-state index is 13.6. The molecule has 1 saturated heterocycles. The molecule has 1 aromatic heterocycles. The van der Waals surface area contributed by atoms with E-state index in [9.17, 15) is 9.18 Å². The summed E-state index contributed by atoms with van der Waals surface area (Å²) in [5.41, 5.74) is 2.25. The van der Waals surface area contributed by atoms with Crippen LogP contribution in [0.25, 0.3) is 10.9 Å². The van der Waals surface area contributed by atoms with Crippen molar-refractivity contribution in [1.82, 2.24) is 14.8 Å². The van der Waals surface area contributed by atoms with Crippen molar-refractivity contribution in [3.8, 4) is 11.5 Å². The number of hydrogen-bond acceptors (Lipinski definition) is 4. The molecular formula is C33H38FN3O3. The quantitative estimate of drug-likeness (QED) is 0.228. The predicted molar refractivity (Wildman–Crippen MR) is 156 cm³/mol. The van der Waals surface area contributed by atoms with E-state index in [0.717, 1.165) is 73.6 Å². The molecule has 210 valence electrons. The fraction of sp³-hybridized carbons (Fsp3) is 0.364. The van der Waals surface area contributed by atoms with Gasteiger partial charge in [0.05, 0.1) is 24.8 Å². The Morgan fingerprint density at radius 3 is 2.58 bits per heavy atom. The molecule has 0 radical (unpaired) electrons. The summed E-state index contributed by atoms with van der Waals surface area (Å²) >= 11 is 0. The van der Waals surface area contributed by atoms with E-state index in [1.165, 1.54) is 25.0 Å². The maximum absolute atomic E-state index is 13.6. The number of para-hydroxylation sites is 2. The first-order chi connectivity index (χ1) is 19.6. The number of amides is 1. The van der Waals surface area contributed by atoms with Gasteiger partial charge >= 0.3 is 0 Å². The minimum Gasteiger partial charge on any atom is -0.495 e. The number of benzene rings is 3. The van der Waals surface area contributed by atoms with Crippen molar-refractivity contribution in [3.05, 3.63) is 95.9 Å². The number of nitrogens with zero attached hydrogens (tertiary/aromatic N) is 2. The van der Waals surface area contributed by atoms with Gasteiger partial charge in [-0.25, -0.2) is 4.39 Å². The lowest BCUT2D eigenvalue weighted by Gasteiger charge is -2.32. The molecular weight excluding hydrogens is 505 g/mol. The van der Waals surface area contributed by atoms with Crippen molar-refractivity contribution in [1.29, 1.82) is 0 Å². The predicted octanol–water partition coefficient (Wildman–Crippen LogP) is 6.29. The third-order valence-electron chi connectivity index (χ3n) is 7.79. The minimum absolute atomic E-state index is 0.181. The van der Waals surface area contributed by atoms with Crippen LogP contribution in [-0.4, -0.2) is 48.7 Å². The molecule has 2 heterocycles. The highest BCUT2D eigenvalue weighted by Crippen LogP contribution is 2.30. The molecule has 0 unspecified atom stereocenters. The van der Waals surface area contributed by atoms with Crippen LogP contribution in [0.1, 0.15) is 41.6 Å². The number of aryl methyl sites for hydroxylation is 1. The van der Waals surface area contributed by atoms with Crippen molar-refractivity contribution in [2.24, 2.45) is 5.92 Å². The molecule has 0 saturated carbocycles. The Bertz CT molecular complexity index is 1400. The van der Waals surface area contributed by atoms with Gasteiger partial charge in [0.2, 0.25) is 0 Å². The number of hydrogen-bond donors (Lipinski definition) is 1. The maximum Gasteiger partial charge on any atom is 0.253 e. The largest absolute Gasteiger partial charge is 0.495 e. The normalized spacial score (nSPS) is 14.3. The summed E-state index contributed by atoms with van der Waals surface area (Å²) < 4.78 is 27.2. The second kappa shape index (κ2) is 13.5. The minimum atomic E-state index is -0.311. The summed E-state index contributed by atoms with van der Waals surface area (Å²) in [5.74, 6) is 1.92. The zero-order chi connectivity index (χ0) is 27.7. The first-order valence-corrected chi connectivity index (χ1v) is 14.2. The molecule has 0 aliphatic carbocycles. The van der Waals surface area contributed by atoms with Crippen molar-refractivity contribution in [3.63, 3.8) is 0 Å². The van der Waals surface area contributed by atoms with Crippen molar-refractivity contribution in [2.45, 2.75) is 38.8 Å². The van der Waals surface area contributed by atoms with Gasteiger partial charge in [-0.05, 0) is 87.1 Å². The second-order valence-corrected chi connectivity index (χ2v) is 10.5. The number of carbonyl (C=O) groups is 1. The number of nitrogens with one attached hydrogen (secondary N) is 1. The monoisotopic (exact) mass is 543 g/mol. The number of piperidine rings is 1. The zero-order valence-corrected chi connectivity index (χ0v) is 23.2. The second-order valence-electron chi connectivity index (χ2n) is 10.5. The Morgan fingerprint density at radius 2 is 1.80 bits per heavy atom. The van der Waals surface area contributed by atoms with Gasteiger partial charge in [0.25, 0.3) is 5.91 Å². The fourth-order valence-electron chi connectivity index (χ4n) is 5.60. The SMILES string of the molecule is COc1cccc2c(C(=O)NCc3cccc(F)c3)cn(CCCN3CCC(CCOc4ccccc4)CC3)c12. The van der Waals surface area contributed by atoms with Crippen LogP contribution in [0.5, 0.6) is 11.5 Å². The van der Waals surface area contributed by atoms with Crippen molar-refractivity contribution in [2.75, 3.05) is 33.4 Å². The lowest BCUT2D eigenvalue weighted by Crippen LogP contribution is -2.35. The number of halogens is 1. The standard InChI is InChI=1S/C33H38FN3O3/c1-39-31-13-6-12-29-30(33(38)35-23-26-8-5-9-27(34)22-26)24-37(32(29)31)18-7-17-36-19-14-25(15-20-36)16-21-40-28-10-3-2-4-11-28/h2-6,8-13,22,24-25H,7,14-21,23H2,1H3,(H,35,38). The number of aromatic nitrogens is 1. The van der Waals surface area contributed by atoms with Crippen LogP contribution in [0, 0.1) is 11.7 Å². The third-order valence-corrected chi connectivity index (χ3v) is 7.79. The van der Waals surface area contributed by atoms with Crippen LogP contribution < -0.4 is 14.8 Å². The van der Waals surface area contributed by atoms with E-state index in [-0.39, 0.29) is 18.3 Å². The van der Waals surface area contributed by atoms with Gasteiger partial charge in [0.15, 0.2) is 0 Å². The first-order valence-electron chi connectivity index (χ1n) is 14.2. The van der Waals surface area contributed by atoms with E-state index in [2.05, 4.69) is 14.8 Å². The lowest BCUT2D eigenvalue weighted by molar-refractivity contribution is 0.0952. The van der Waals surface area contributed by atoms with E-state index in [1.54, 1.807) is 19.2 Å². The Kier molecular flexibility index (Phi) is 9.34. The van der Waals surface area contributed by atoms with E-state index in [0.29, 0.717) is 11.5 Å². The Balaban J connectivity index is 1.14. The summed E-state index contributed by atoms with van der Waals surface area (Å²) in [5, 5.41) is 3.80. The molecule has 1 amide bonds. The Morgan fingerprint density at radius 1 is 1.00 bits per heavy atom. The van der Waals surface area contributed by atoms with Gasteiger partial charge in [0, 0.05) is 24.7 Å². The molecule has 1 aliphatic rings. The summed E-state index contributed by atoms with van der Waals surface area (Å²) in [6.07, 6.45) is 6.41. The Labute approximate surface area is 235 Å². The molecule has 0 atom stereocenters. The average molecular weight is 544 g/mol. The van der Waals surface area contributed by atoms with Gasteiger partial charge in [-0.15, -0.1) is 0 Å². The number of rotatable bonds is 12. The highest BCUT2D eigenvalue weighted by atomic mass is 19.1. The number of methoxy groups -OCH3 is 1. The van der Waals surface area contributed by atoms with Gasteiger partial charge in [-0.3, -0.25) is 4.79 Å².